The third-order valence-corrected chi connectivity index (χ3v) is 5.87. The van der Waals surface area contributed by atoms with Gasteiger partial charge in [-0.25, -0.2) is 0 Å². The van der Waals surface area contributed by atoms with E-state index in [-0.39, 0.29) is 21.8 Å². The van der Waals surface area contributed by atoms with Gasteiger partial charge in [0.15, 0.2) is 0 Å². The summed E-state index contributed by atoms with van der Waals surface area (Å²) in [5.41, 5.74) is 0.678. The lowest BCUT2D eigenvalue weighted by Gasteiger charge is -2.29. The highest BCUT2D eigenvalue weighted by molar-refractivity contribution is 7.90. The highest BCUT2D eigenvalue weighted by atomic mass is 32.2. The fourth-order valence-electron chi connectivity index (χ4n) is 3.03. The highest BCUT2D eigenvalue weighted by Crippen LogP contribution is 2.33. The zero-order chi connectivity index (χ0) is 21.2. The molecule has 152 valence electrons. The smallest absolute Gasteiger partial charge is 0.286 e. The third kappa shape index (κ3) is 4.27. The van der Waals surface area contributed by atoms with E-state index in [0.717, 1.165) is 12.8 Å². The number of non-ortho nitro benzene ring substituents is 1. The van der Waals surface area contributed by atoms with Crippen LogP contribution in [0.5, 0.6) is 0 Å². The second-order valence-electron chi connectivity index (χ2n) is 6.56. The van der Waals surface area contributed by atoms with Crippen LogP contribution in [0, 0.1) is 10.1 Å². The van der Waals surface area contributed by atoms with Crippen molar-refractivity contribution in [1.29, 1.82) is 0 Å². The van der Waals surface area contributed by atoms with Crippen LogP contribution in [-0.4, -0.2) is 31.6 Å². The Morgan fingerprint density at radius 3 is 2.69 bits per heavy atom. The molecule has 3 rings (SSSR count). The van der Waals surface area contributed by atoms with Crippen molar-refractivity contribution < 1.29 is 18.1 Å². The Hall–Kier alpha value is -3.27. The minimum Gasteiger partial charge on any atom is -0.328 e. The quantitative estimate of drug-likeness (QED) is 0.567. The molecule has 29 heavy (non-hydrogen) atoms. The Morgan fingerprint density at radius 2 is 2.00 bits per heavy atom. The average molecular weight is 416 g/mol. The maximum Gasteiger partial charge on any atom is 0.286 e. The van der Waals surface area contributed by atoms with Crippen LogP contribution < -0.4 is 10.2 Å². The lowest BCUT2D eigenvalue weighted by atomic mass is 10.1. The van der Waals surface area contributed by atoms with E-state index in [1.807, 2.05) is 11.8 Å². The van der Waals surface area contributed by atoms with Crippen molar-refractivity contribution in [3.05, 3.63) is 58.1 Å². The molecule has 1 amide bonds. The fourth-order valence-corrected chi connectivity index (χ4v) is 4.29. The molecule has 0 saturated carbocycles. The van der Waals surface area contributed by atoms with E-state index in [4.69, 9.17) is 0 Å². The molecular weight excluding hydrogens is 396 g/mol. The van der Waals surface area contributed by atoms with Crippen LogP contribution in [-0.2, 0) is 10.0 Å². The number of amides is 1. The number of hydrogen-bond donors (Lipinski definition) is 1. The molecule has 2 aromatic carbocycles. The Bertz CT molecular complexity index is 1110. The lowest BCUT2D eigenvalue weighted by Crippen LogP contribution is -2.34. The SMILES string of the molecule is CCCCN1C(C)=NS(=O)(=O)c2cc(C(=O)Nc3cccc([N+](=O)[O-])c3)ccc21. The van der Waals surface area contributed by atoms with Gasteiger partial charge in [0.2, 0.25) is 0 Å². The van der Waals surface area contributed by atoms with Gasteiger partial charge < -0.3 is 10.2 Å². The molecule has 1 aliphatic heterocycles. The molecule has 0 saturated heterocycles. The highest BCUT2D eigenvalue weighted by Gasteiger charge is 2.29. The van der Waals surface area contributed by atoms with Crippen LogP contribution in [0.3, 0.4) is 0 Å². The first-order chi connectivity index (χ1) is 13.7. The molecule has 0 atom stereocenters. The molecule has 0 fully saturated rings. The van der Waals surface area contributed by atoms with Crippen molar-refractivity contribution >= 4 is 38.8 Å². The van der Waals surface area contributed by atoms with E-state index in [9.17, 15) is 23.3 Å². The summed E-state index contributed by atoms with van der Waals surface area (Å²) in [4.78, 5) is 24.7. The summed E-state index contributed by atoms with van der Waals surface area (Å²) in [7, 11) is -3.92. The summed E-state index contributed by atoms with van der Waals surface area (Å²) < 4.78 is 28.9. The zero-order valence-corrected chi connectivity index (χ0v) is 16.8. The van der Waals surface area contributed by atoms with Crippen molar-refractivity contribution in [3.8, 4) is 0 Å². The Labute approximate surface area is 168 Å². The standard InChI is InChI=1S/C19H20N4O5S/c1-3-4-10-22-13(2)21-29(27,28)18-11-14(8-9-17(18)22)19(24)20-15-6-5-7-16(12-15)23(25)26/h5-9,11-12H,3-4,10H2,1-2H3,(H,20,24). The number of amidine groups is 1. The molecule has 1 N–H and O–H groups in total. The summed E-state index contributed by atoms with van der Waals surface area (Å²) in [5, 5.41) is 13.4. The molecule has 0 aliphatic carbocycles. The third-order valence-electron chi connectivity index (χ3n) is 4.48. The molecule has 1 heterocycles. The first-order valence-electron chi connectivity index (χ1n) is 9.02. The molecule has 0 bridgehead atoms. The number of carbonyl (C=O) groups excluding carboxylic acids is 1. The van der Waals surface area contributed by atoms with Crippen molar-refractivity contribution in [2.45, 2.75) is 31.6 Å². The first kappa shape index (κ1) is 20.5. The maximum atomic E-state index is 12.6. The van der Waals surface area contributed by atoms with Crippen molar-refractivity contribution in [2.24, 2.45) is 4.40 Å². The molecule has 10 heteroatoms. The monoisotopic (exact) mass is 416 g/mol. The number of hydrogen-bond acceptors (Lipinski definition) is 6. The Kier molecular flexibility index (Phi) is 5.64. The van der Waals surface area contributed by atoms with E-state index in [0.29, 0.717) is 18.1 Å². The number of nitro benzene ring substituents is 1. The van der Waals surface area contributed by atoms with Gasteiger partial charge in [-0.1, -0.05) is 19.4 Å². The summed E-state index contributed by atoms with van der Waals surface area (Å²) in [6.07, 6.45) is 1.80. The van der Waals surface area contributed by atoms with Crippen LogP contribution in [0.15, 0.2) is 51.8 Å². The molecule has 1 aliphatic rings. The summed E-state index contributed by atoms with van der Waals surface area (Å²) in [6, 6.07) is 9.90. The van der Waals surface area contributed by atoms with Gasteiger partial charge in [0, 0.05) is 29.9 Å². The number of unbranched alkanes of at least 4 members (excludes halogenated alkanes) is 1. The number of benzene rings is 2. The molecule has 9 nitrogen and oxygen atoms in total. The second-order valence-corrected chi connectivity index (χ2v) is 8.14. The van der Waals surface area contributed by atoms with Crippen LogP contribution in [0.25, 0.3) is 0 Å². The van der Waals surface area contributed by atoms with E-state index in [1.54, 1.807) is 13.0 Å². The first-order valence-corrected chi connectivity index (χ1v) is 10.5. The Morgan fingerprint density at radius 1 is 1.24 bits per heavy atom. The number of nitrogens with zero attached hydrogens (tertiary/aromatic N) is 3. The van der Waals surface area contributed by atoms with E-state index in [2.05, 4.69) is 9.71 Å². The summed E-state index contributed by atoms with van der Waals surface area (Å²) in [5.74, 6) is -0.186. The van der Waals surface area contributed by atoms with Gasteiger partial charge in [-0.15, -0.1) is 4.40 Å². The number of rotatable bonds is 6. The lowest BCUT2D eigenvalue weighted by molar-refractivity contribution is -0.384. The number of anilines is 2. The number of sulfonamides is 1. The second kappa shape index (κ2) is 8.00. The minimum atomic E-state index is -3.92. The van der Waals surface area contributed by atoms with Gasteiger partial charge in [0.1, 0.15) is 10.7 Å². The average Bonchev–Trinajstić information content (AvgIpc) is 2.67. The molecular formula is C19H20N4O5S. The minimum absolute atomic E-state index is 0.0362. The molecule has 2 aromatic rings. The number of fused-ring (bicyclic) bond motifs is 1. The number of carbonyl (C=O) groups is 1. The number of nitrogens with one attached hydrogen (secondary N) is 1. The zero-order valence-electron chi connectivity index (χ0n) is 16.0. The van der Waals surface area contributed by atoms with Crippen molar-refractivity contribution in [2.75, 3.05) is 16.8 Å². The molecule has 0 unspecified atom stereocenters. The van der Waals surface area contributed by atoms with Crippen LogP contribution in [0.4, 0.5) is 17.1 Å². The predicted molar refractivity (Wildman–Crippen MR) is 110 cm³/mol. The molecule has 0 spiro atoms. The molecule has 0 radical (unpaired) electrons. The van der Waals surface area contributed by atoms with Crippen LogP contribution >= 0.6 is 0 Å². The Balaban J connectivity index is 1.93. The van der Waals surface area contributed by atoms with E-state index < -0.39 is 20.9 Å². The topological polar surface area (TPSA) is 122 Å². The van der Waals surface area contributed by atoms with Gasteiger partial charge >= 0.3 is 0 Å². The van der Waals surface area contributed by atoms with Crippen LogP contribution in [0.2, 0.25) is 0 Å². The van der Waals surface area contributed by atoms with Gasteiger partial charge in [0.25, 0.3) is 21.6 Å². The van der Waals surface area contributed by atoms with Crippen molar-refractivity contribution in [1.82, 2.24) is 0 Å². The normalized spacial score (nSPS) is 14.7. The van der Waals surface area contributed by atoms with Crippen LogP contribution in [0.1, 0.15) is 37.0 Å². The van der Waals surface area contributed by atoms with Gasteiger partial charge in [-0.05, 0) is 37.6 Å². The van der Waals surface area contributed by atoms with Gasteiger partial charge in [-0.3, -0.25) is 14.9 Å². The summed E-state index contributed by atoms with van der Waals surface area (Å²) in [6.45, 7) is 4.29. The number of nitro groups is 1. The van der Waals surface area contributed by atoms with Gasteiger partial charge in [-0.2, -0.15) is 8.42 Å². The largest absolute Gasteiger partial charge is 0.328 e. The summed E-state index contributed by atoms with van der Waals surface area (Å²) >= 11 is 0. The molecule has 0 aromatic heterocycles. The maximum absolute atomic E-state index is 12.6. The van der Waals surface area contributed by atoms with E-state index >= 15 is 0 Å². The predicted octanol–water partition coefficient (Wildman–Crippen LogP) is 3.57. The van der Waals surface area contributed by atoms with E-state index in [1.165, 1.54) is 36.4 Å². The fraction of sp³-hybridized carbons (Fsp3) is 0.263. The van der Waals surface area contributed by atoms with Crippen molar-refractivity contribution in [3.63, 3.8) is 0 Å². The van der Waals surface area contributed by atoms with Gasteiger partial charge in [0.05, 0.1) is 10.6 Å².